The standard InChI is InChI=1S/C26H29N5O/c1-18(2)26-27-12-15-31(26)24-9-5-8-22(29-24)19-10-13-30(14-11-19)25(32)16-20-17-28-23-7-4-3-6-21(20)23/h3-9,12,15,17-19,28H,10-11,13-14,16H2,1-2H3. The number of likely N-dealkylation sites (tertiary alicyclic amines) is 1. The Morgan fingerprint density at radius 3 is 2.75 bits per heavy atom. The van der Waals surface area contributed by atoms with Crippen molar-refractivity contribution in [3.63, 3.8) is 0 Å². The number of H-pyrrole nitrogens is 1. The van der Waals surface area contributed by atoms with Crippen molar-refractivity contribution in [2.45, 2.75) is 44.9 Å². The fourth-order valence-electron chi connectivity index (χ4n) is 4.71. The van der Waals surface area contributed by atoms with E-state index in [1.165, 1.54) is 0 Å². The molecule has 1 aromatic carbocycles. The lowest BCUT2D eigenvalue weighted by molar-refractivity contribution is -0.131. The van der Waals surface area contributed by atoms with Crippen LogP contribution in [0.4, 0.5) is 0 Å². The minimum absolute atomic E-state index is 0.204. The van der Waals surface area contributed by atoms with Crippen LogP contribution in [0.15, 0.2) is 61.1 Å². The number of nitrogens with one attached hydrogen (secondary N) is 1. The van der Waals surface area contributed by atoms with Gasteiger partial charge in [-0.05, 0) is 36.6 Å². The molecule has 0 atom stereocenters. The minimum Gasteiger partial charge on any atom is -0.361 e. The quantitative estimate of drug-likeness (QED) is 0.496. The fraction of sp³-hybridized carbons (Fsp3) is 0.346. The third kappa shape index (κ3) is 3.93. The van der Waals surface area contributed by atoms with Crippen molar-refractivity contribution in [2.24, 2.45) is 0 Å². The highest BCUT2D eigenvalue weighted by molar-refractivity contribution is 5.88. The number of rotatable bonds is 5. The van der Waals surface area contributed by atoms with Crippen LogP contribution in [0.5, 0.6) is 0 Å². The van der Waals surface area contributed by atoms with E-state index < -0.39 is 0 Å². The second-order valence-electron chi connectivity index (χ2n) is 8.92. The molecule has 1 fully saturated rings. The largest absolute Gasteiger partial charge is 0.361 e. The molecule has 0 radical (unpaired) electrons. The molecule has 4 heterocycles. The summed E-state index contributed by atoms with van der Waals surface area (Å²) in [7, 11) is 0. The van der Waals surface area contributed by atoms with Crippen LogP contribution in [0.2, 0.25) is 0 Å². The molecule has 6 heteroatoms. The Labute approximate surface area is 188 Å². The van der Waals surface area contributed by atoms with Crippen LogP contribution >= 0.6 is 0 Å². The van der Waals surface area contributed by atoms with Crippen molar-refractivity contribution in [1.82, 2.24) is 24.4 Å². The molecule has 0 aliphatic carbocycles. The maximum atomic E-state index is 12.9. The summed E-state index contributed by atoms with van der Waals surface area (Å²) in [5, 5.41) is 1.14. The lowest BCUT2D eigenvalue weighted by Gasteiger charge is -2.32. The molecule has 1 amide bonds. The van der Waals surface area contributed by atoms with Crippen LogP contribution < -0.4 is 0 Å². The van der Waals surface area contributed by atoms with Crippen molar-refractivity contribution >= 4 is 16.8 Å². The maximum absolute atomic E-state index is 12.9. The molecule has 1 saturated heterocycles. The van der Waals surface area contributed by atoms with E-state index in [1.54, 1.807) is 0 Å². The van der Waals surface area contributed by atoms with E-state index in [2.05, 4.69) is 46.6 Å². The summed E-state index contributed by atoms with van der Waals surface area (Å²) in [6.07, 6.45) is 8.11. The number of carbonyl (C=O) groups is 1. The third-order valence-corrected chi connectivity index (χ3v) is 6.47. The average Bonchev–Trinajstić information content (AvgIpc) is 3.47. The van der Waals surface area contributed by atoms with E-state index in [-0.39, 0.29) is 5.91 Å². The topological polar surface area (TPSA) is 66.8 Å². The Morgan fingerprint density at radius 2 is 1.94 bits per heavy atom. The predicted octanol–water partition coefficient (Wildman–Crippen LogP) is 4.82. The van der Waals surface area contributed by atoms with Crippen LogP contribution in [0.1, 0.15) is 55.6 Å². The Balaban J connectivity index is 1.25. The first-order valence-electron chi connectivity index (χ1n) is 11.4. The Hall–Kier alpha value is -3.41. The van der Waals surface area contributed by atoms with Crippen LogP contribution in [0.25, 0.3) is 16.7 Å². The summed E-state index contributed by atoms with van der Waals surface area (Å²) in [5.41, 5.74) is 3.26. The van der Waals surface area contributed by atoms with E-state index in [4.69, 9.17) is 4.98 Å². The second kappa shape index (κ2) is 8.61. The molecule has 1 N–H and O–H groups in total. The molecule has 1 aliphatic rings. The molecular weight excluding hydrogens is 398 g/mol. The van der Waals surface area contributed by atoms with Gasteiger partial charge < -0.3 is 9.88 Å². The van der Waals surface area contributed by atoms with Crippen molar-refractivity contribution in [1.29, 1.82) is 0 Å². The Kier molecular flexibility index (Phi) is 5.52. The summed E-state index contributed by atoms with van der Waals surface area (Å²) >= 11 is 0. The van der Waals surface area contributed by atoms with Gasteiger partial charge in [0.05, 0.1) is 6.42 Å². The van der Waals surface area contributed by atoms with E-state index in [9.17, 15) is 4.79 Å². The average molecular weight is 428 g/mol. The molecule has 5 rings (SSSR count). The first-order chi connectivity index (χ1) is 15.6. The molecule has 3 aromatic heterocycles. The Bertz CT molecular complexity index is 1230. The van der Waals surface area contributed by atoms with Gasteiger partial charge in [-0.1, -0.05) is 38.1 Å². The van der Waals surface area contributed by atoms with Crippen molar-refractivity contribution in [2.75, 3.05) is 13.1 Å². The lowest BCUT2D eigenvalue weighted by Crippen LogP contribution is -2.38. The minimum atomic E-state index is 0.204. The summed E-state index contributed by atoms with van der Waals surface area (Å²) < 4.78 is 2.08. The molecule has 32 heavy (non-hydrogen) atoms. The summed E-state index contributed by atoms with van der Waals surface area (Å²) in [5.74, 6) is 2.85. The first-order valence-corrected chi connectivity index (χ1v) is 11.4. The zero-order chi connectivity index (χ0) is 22.1. The number of amides is 1. The van der Waals surface area contributed by atoms with Gasteiger partial charge in [-0.25, -0.2) is 9.97 Å². The van der Waals surface area contributed by atoms with E-state index in [1.807, 2.05) is 47.8 Å². The van der Waals surface area contributed by atoms with Crippen LogP contribution in [-0.2, 0) is 11.2 Å². The van der Waals surface area contributed by atoms with Crippen molar-refractivity contribution < 1.29 is 4.79 Å². The summed E-state index contributed by atoms with van der Waals surface area (Å²) in [6.45, 7) is 5.84. The van der Waals surface area contributed by atoms with Gasteiger partial charge in [0.25, 0.3) is 0 Å². The molecule has 1 aliphatic heterocycles. The van der Waals surface area contributed by atoms with Gasteiger partial charge in [-0.3, -0.25) is 9.36 Å². The second-order valence-corrected chi connectivity index (χ2v) is 8.92. The number of pyridine rings is 1. The lowest BCUT2D eigenvalue weighted by atomic mass is 9.92. The molecule has 0 bridgehead atoms. The van der Waals surface area contributed by atoms with E-state index >= 15 is 0 Å². The number of aromatic amines is 1. The van der Waals surface area contributed by atoms with Gasteiger partial charge >= 0.3 is 0 Å². The molecular formula is C26H29N5O. The maximum Gasteiger partial charge on any atom is 0.227 e. The molecule has 0 saturated carbocycles. The molecule has 6 nitrogen and oxygen atoms in total. The number of para-hydroxylation sites is 1. The number of piperidine rings is 1. The Morgan fingerprint density at radius 1 is 1.12 bits per heavy atom. The molecule has 0 unspecified atom stereocenters. The number of imidazole rings is 1. The highest BCUT2D eigenvalue weighted by Crippen LogP contribution is 2.28. The van der Waals surface area contributed by atoms with E-state index in [0.717, 1.165) is 59.7 Å². The predicted molar refractivity (Wildman–Crippen MR) is 126 cm³/mol. The molecule has 4 aromatic rings. The van der Waals surface area contributed by atoms with Gasteiger partial charge in [0.15, 0.2) is 0 Å². The zero-order valence-corrected chi connectivity index (χ0v) is 18.7. The van der Waals surface area contributed by atoms with Crippen LogP contribution in [-0.4, -0.2) is 43.4 Å². The van der Waals surface area contributed by atoms with Crippen molar-refractivity contribution in [3.8, 4) is 5.82 Å². The van der Waals surface area contributed by atoms with Crippen molar-refractivity contribution in [3.05, 3.63) is 78.1 Å². The summed E-state index contributed by atoms with van der Waals surface area (Å²) in [6, 6.07) is 14.4. The number of nitrogens with zero attached hydrogens (tertiary/aromatic N) is 4. The van der Waals surface area contributed by atoms with Gasteiger partial charge in [-0.15, -0.1) is 0 Å². The van der Waals surface area contributed by atoms with Crippen LogP contribution in [0.3, 0.4) is 0 Å². The van der Waals surface area contributed by atoms with Crippen LogP contribution in [0, 0.1) is 0 Å². The SMILES string of the molecule is CC(C)c1nccn1-c1cccc(C2CCN(C(=O)Cc3c[nH]c4ccccc34)CC2)n1. The smallest absolute Gasteiger partial charge is 0.227 e. The number of benzene rings is 1. The zero-order valence-electron chi connectivity index (χ0n) is 18.7. The number of fused-ring (bicyclic) bond motifs is 1. The highest BCUT2D eigenvalue weighted by Gasteiger charge is 2.25. The summed E-state index contributed by atoms with van der Waals surface area (Å²) in [4.78, 5) is 27.7. The number of carbonyl (C=O) groups excluding carboxylic acids is 1. The normalized spacial score (nSPS) is 15.0. The van der Waals surface area contributed by atoms with E-state index in [0.29, 0.717) is 18.3 Å². The molecule has 164 valence electrons. The van der Waals surface area contributed by atoms with Gasteiger partial charge in [0.1, 0.15) is 11.6 Å². The number of hydrogen-bond donors (Lipinski definition) is 1. The third-order valence-electron chi connectivity index (χ3n) is 6.47. The van der Waals surface area contributed by atoms with Gasteiger partial charge in [0, 0.05) is 60.1 Å². The van der Waals surface area contributed by atoms with Gasteiger partial charge in [0.2, 0.25) is 5.91 Å². The monoisotopic (exact) mass is 427 g/mol. The fourth-order valence-corrected chi connectivity index (χ4v) is 4.71. The molecule has 0 spiro atoms. The highest BCUT2D eigenvalue weighted by atomic mass is 16.2. The number of hydrogen-bond acceptors (Lipinski definition) is 3. The van der Waals surface area contributed by atoms with Gasteiger partial charge in [-0.2, -0.15) is 0 Å². The number of aromatic nitrogens is 4. The first kappa shape index (κ1) is 20.5.